The maximum Gasteiger partial charge on any atom is 0.332 e. The summed E-state index contributed by atoms with van der Waals surface area (Å²) in [5.41, 5.74) is 1.61. The van der Waals surface area contributed by atoms with Crippen molar-refractivity contribution in [2.45, 2.75) is 6.54 Å². The van der Waals surface area contributed by atoms with E-state index < -0.39 is 23.1 Å². The molecule has 0 saturated heterocycles. The van der Waals surface area contributed by atoms with Gasteiger partial charge >= 0.3 is 5.69 Å². The zero-order valence-electron chi connectivity index (χ0n) is 14.9. The fourth-order valence-corrected chi connectivity index (χ4v) is 2.68. The number of carbonyl (C=O) groups is 2. The summed E-state index contributed by atoms with van der Waals surface area (Å²) in [6.45, 7) is -0.274. The van der Waals surface area contributed by atoms with Gasteiger partial charge in [-0.2, -0.15) is 5.10 Å². The lowest BCUT2D eigenvalue weighted by atomic mass is 10.1. The predicted octanol–water partition coefficient (Wildman–Crippen LogP) is -2.05. The number of benzene rings is 1. The third kappa shape index (κ3) is 3.32. The zero-order valence-corrected chi connectivity index (χ0v) is 14.9. The molecule has 0 aliphatic heterocycles. The highest BCUT2D eigenvalue weighted by molar-refractivity contribution is 5.97. The van der Waals surface area contributed by atoms with E-state index in [1.54, 1.807) is 12.1 Å². The van der Waals surface area contributed by atoms with Crippen molar-refractivity contribution in [3.63, 3.8) is 0 Å². The number of aromatic carboxylic acids is 1. The number of carboxylic acid groups (broad SMARTS) is 1. The molecule has 0 atom stereocenters. The van der Waals surface area contributed by atoms with E-state index in [9.17, 15) is 24.3 Å². The molecule has 0 aliphatic carbocycles. The SMILES string of the molecule is Cn1c(=O)c2c(ncn2CC(=O)NN=Cc2ccccc2C(=O)[O-])n(C)c1=O. The van der Waals surface area contributed by atoms with E-state index in [0.717, 1.165) is 4.57 Å². The van der Waals surface area contributed by atoms with E-state index in [1.165, 1.54) is 47.9 Å². The zero-order chi connectivity index (χ0) is 20.4. The number of nitrogens with zero attached hydrogens (tertiary/aromatic N) is 5. The fourth-order valence-electron chi connectivity index (χ4n) is 2.68. The van der Waals surface area contributed by atoms with Crippen LogP contribution in [0.5, 0.6) is 0 Å². The van der Waals surface area contributed by atoms with Gasteiger partial charge in [0, 0.05) is 25.2 Å². The highest BCUT2D eigenvalue weighted by atomic mass is 16.4. The van der Waals surface area contributed by atoms with Gasteiger partial charge in [-0.25, -0.2) is 15.2 Å². The molecule has 0 spiro atoms. The first-order valence-electron chi connectivity index (χ1n) is 8.04. The molecule has 0 bridgehead atoms. The van der Waals surface area contributed by atoms with Crippen LogP contribution < -0.4 is 21.8 Å². The molecular formula is C17H15N6O5-. The number of aromatic nitrogens is 4. The minimum Gasteiger partial charge on any atom is -0.545 e. The molecule has 2 heterocycles. The van der Waals surface area contributed by atoms with Gasteiger partial charge in [0.15, 0.2) is 11.2 Å². The first kappa shape index (κ1) is 18.8. The van der Waals surface area contributed by atoms with E-state index in [-0.39, 0.29) is 28.8 Å². The van der Waals surface area contributed by atoms with Crippen LogP contribution in [0, 0.1) is 0 Å². The summed E-state index contributed by atoms with van der Waals surface area (Å²) in [6.07, 6.45) is 2.46. The third-order valence-corrected chi connectivity index (χ3v) is 4.10. The molecule has 11 heteroatoms. The Morgan fingerprint density at radius 3 is 2.64 bits per heavy atom. The van der Waals surface area contributed by atoms with Crippen molar-refractivity contribution < 1.29 is 14.7 Å². The molecule has 0 aliphatic rings. The van der Waals surface area contributed by atoms with Gasteiger partial charge in [0.25, 0.3) is 11.5 Å². The van der Waals surface area contributed by atoms with Crippen LogP contribution in [0.15, 0.2) is 45.3 Å². The van der Waals surface area contributed by atoms with Crippen LogP contribution in [0.4, 0.5) is 0 Å². The van der Waals surface area contributed by atoms with Gasteiger partial charge in [0.2, 0.25) is 0 Å². The average Bonchev–Trinajstić information content (AvgIpc) is 3.08. The molecule has 1 N–H and O–H groups in total. The van der Waals surface area contributed by atoms with Crippen LogP contribution >= 0.6 is 0 Å². The second-order valence-electron chi connectivity index (χ2n) is 5.92. The lowest BCUT2D eigenvalue weighted by molar-refractivity contribution is -0.255. The standard InChI is InChI=1S/C17H16N6O5/c1-21-14-13(15(25)22(2)17(21)28)23(9-18-14)8-12(24)20-19-7-10-5-3-4-6-11(10)16(26)27/h3-7,9H,8H2,1-2H3,(H,20,24)(H,26,27)/p-1. The number of hydrogen-bond acceptors (Lipinski definition) is 7. The summed E-state index contributed by atoms with van der Waals surface area (Å²) in [5, 5.41) is 14.8. The first-order chi connectivity index (χ1) is 13.3. The van der Waals surface area contributed by atoms with Gasteiger partial charge in [-0.15, -0.1) is 0 Å². The van der Waals surface area contributed by atoms with Crippen LogP contribution in [-0.2, 0) is 25.4 Å². The molecule has 1 aromatic carbocycles. The lowest BCUT2D eigenvalue weighted by Gasteiger charge is -2.07. The Kier molecular flexibility index (Phi) is 4.90. The minimum atomic E-state index is -1.36. The van der Waals surface area contributed by atoms with Crippen molar-refractivity contribution in [1.82, 2.24) is 24.1 Å². The maximum absolute atomic E-state index is 12.3. The Morgan fingerprint density at radius 2 is 1.93 bits per heavy atom. The first-order valence-corrected chi connectivity index (χ1v) is 8.04. The van der Waals surface area contributed by atoms with E-state index >= 15 is 0 Å². The molecule has 0 radical (unpaired) electrons. The highest BCUT2D eigenvalue weighted by Gasteiger charge is 2.15. The van der Waals surface area contributed by atoms with E-state index in [2.05, 4.69) is 15.5 Å². The summed E-state index contributed by atoms with van der Waals surface area (Å²) >= 11 is 0. The number of fused-ring (bicyclic) bond motifs is 1. The highest BCUT2D eigenvalue weighted by Crippen LogP contribution is 2.06. The van der Waals surface area contributed by atoms with Gasteiger partial charge in [-0.05, 0) is 0 Å². The number of imidazole rings is 1. The molecule has 0 unspecified atom stereocenters. The van der Waals surface area contributed by atoms with Crippen LogP contribution in [0.3, 0.4) is 0 Å². The minimum absolute atomic E-state index is 0.0643. The molecule has 2 aromatic heterocycles. The summed E-state index contributed by atoms with van der Waals surface area (Å²) in [5.74, 6) is -1.93. The van der Waals surface area contributed by atoms with Gasteiger partial charge in [-0.3, -0.25) is 18.7 Å². The molecule has 28 heavy (non-hydrogen) atoms. The molecule has 11 nitrogen and oxygen atoms in total. The number of amides is 1. The summed E-state index contributed by atoms with van der Waals surface area (Å²) in [7, 11) is 2.81. The summed E-state index contributed by atoms with van der Waals surface area (Å²) in [6, 6.07) is 6.02. The second kappa shape index (κ2) is 7.31. The molecule has 0 saturated carbocycles. The number of rotatable bonds is 5. The monoisotopic (exact) mass is 383 g/mol. The Balaban J connectivity index is 1.81. The van der Waals surface area contributed by atoms with Gasteiger partial charge in [-0.1, -0.05) is 24.3 Å². The molecule has 3 aromatic rings. The number of aryl methyl sites for hydroxylation is 1. The topological polar surface area (TPSA) is 143 Å². The van der Waals surface area contributed by atoms with Crippen LogP contribution in [-0.4, -0.2) is 36.8 Å². The number of hydrogen-bond donors (Lipinski definition) is 1. The van der Waals surface area contributed by atoms with Gasteiger partial charge in [0.1, 0.15) is 6.54 Å². The molecule has 0 fully saturated rings. The van der Waals surface area contributed by atoms with Crippen molar-refractivity contribution in [1.29, 1.82) is 0 Å². The van der Waals surface area contributed by atoms with Crippen LogP contribution in [0.1, 0.15) is 15.9 Å². The Hall–Kier alpha value is -4.02. The van der Waals surface area contributed by atoms with E-state index in [1.807, 2.05) is 0 Å². The lowest BCUT2D eigenvalue weighted by Crippen LogP contribution is -2.38. The Bertz CT molecular complexity index is 1230. The number of nitrogens with one attached hydrogen (secondary N) is 1. The molecule has 1 amide bonds. The Labute approximate surface area is 157 Å². The van der Waals surface area contributed by atoms with Crippen molar-refractivity contribution in [3.05, 3.63) is 62.6 Å². The van der Waals surface area contributed by atoms with Gasteiger partial charge in [0.05, 0.1) is 18.5 Å². The second-order valence-corrected chi connectivity index (χ2v) is 5.92. The van der Waals surface area contributed by atoms with Crippen LogP contribution in [0.2, 0.25) is 0 Å². The van der Waals surface area contributed by atoms with E-state index in [4.69, 9.17) is 0 Å². The normalized spacial score (nSPS) is 11.2. The van der Waals surface area contributed by atoms with Crippen molar-refractivity contribution in [2.24, 2.45) is 19.2 Å². The third-order valence-electron chi connectivity index (χ3n) is 4.10. The summed E-state index contributed by atoms with van der Waals surface area (Å²) in [4.78, 5) is 51.4. The largest absolute Gasteiger partial charge is 0.545 e. The smallest absolute Gasteiger partial charge is 0.332 e. The van der Waals surface area contributed by atoms with Gasteiger partial charge < -0.3 is 14.5 Å². The molecular weight excluding hydrogens is 368 g/mol. The van der Waals surface area contributed by atoms with E-state index in [0.29, 0.717) is 0 Å². The number of carbonyl (C=O) groups excluding carboxylic acids is 2. The number of hydrazone groups is 1. The van der Waals surface area contributed by atoms with Crippen molar-refractivity contribution in [2.75, 3.05) is 0 Å². The fraction of sp³-hybridized carbons (Fsp3) is 0.176. The average molecular weight is 383 g/mol. The molecule has 144 valence electrons. The Morgan fingerprint density at radius 1 is 1.21 bits per heavy atom. The summed E-state index contributed by atoms with van der Waals surface area (Å²) < 4.78 is 3.44. The quantitative estimate of drug-likeness (QED) is 0.397. The van der Waals surface area contributed by atoms with Crippen molar-refractivity contribution in [3.8, 4) is 0 Å². The number of carboxylic acids is 1. The van der Waals surface area contributed by atoms with Crippen molar-refractivity contribution >= 4 is 29.3 Å². The maximum atomic E-state index is 12.3. The predicted molar refractivity (Wildman–Crippen MR) is 96.7 cm³/mol. The molecule has 3 rings (SSSR count). The van der Waals surface area contributed by atoms with Crippen LogP contribution in [0.25, 0.3) is 11.2 Å².